The normalized spacial score (nSPS) is 14.4. The van der Waals surface area contributed by atoms with Crippen LogP contribution >= 0.6 is 0 Å². The van der Waals surface area contributed by atoms with E-state index in [1.54, 1.807) is 19.2 Å². The van der Waals surface area contributed by atoms with Gasteiger partial charge in [0.05, 0.1) is 11.3 Å². The average Bonchev–Trinajstić information content (AvgIpc) is 2.85. The molecule has 0 fully saturated rings. The van der Waals surface area contributed by atoms with Gasteiger partial charge in [0.1, 0.15) is 6.07 Å². The number of nitrogens with zero attached hydrogens (tertiary/aromatic N) is 3. The summed E-state index contributed by atoms with van der Waals surface area (Å²) in [7, 11) is 0. The van der Waals surface area contributed by atoms with Crippen molar-refractivity contribution in [2.75, 3.05) is 24.5 Å². The van der Waals surface area contributed by atoms with E-state index in [0.717, 1.165) is 66.7 Å². The van der Waals surface area contributed by atoms with Crippen molar-refractivity contribution in [1.82, 2.24) is 0 Å². The third-order valence-corrected chi connectivity index (χ3v) is 5.60. The zero-order valence-electron chi connectivity index (χ0n) is 23.0. The Morgan fingerprint density at radius 1 is 1.24 bits per heavy atom. The fourth-order valence-corrected chi connectivity index (χ4v) is 3.44. The van der Waals surface area contributed by atoms with Gasteiger partial charge < -0.3 is 10.6 Å². The minimum absolute atomic E-state index is 0.720. The monoisotopic (exact) mass is 514 g/mol. The van der Waals surface area contributed by atoms with Crippen LogP contribution in [0.3, 0.4) is 0 Å². The first kappa shape index (κ1) is 33.6. The molecule has 2 rings (SSSR count). The van der Waals surface area contributed by atoms with Crippen molar-refractivity contribution in [2.45, 2.75) is 60.6 Å². The third kappa shape index (κ3) is 11.9. The van der Waals surface area contributed by atoms with E-state index in [9.17, 15) is 18.4 Å². The van der Waals surface area contributed by atoms with Crippen molar-refractivity contribution < 1.29 is 13.2 Å². The molecular weight excluding hydrogens is 473 g/mol. The molecule has 0 atom stereocenters. The van der Waals surface area contributed by atoms with Gasteiger partial charge in [-0.15, -0.1) is 0 Å². The number of hydrogen-bond donors (Lipinski definition) is 1. The molecule has 7 heteroatoms. The minimum Gasteiger partial charge on any atom is -0.366 e. The first-order valence-electron chi connectivity index (χ1n) is 12.3. The molecule has 1 aromatic carbocycles. The highest BCUT2D eigenvalue weighted by Crippen LogP contribution is 2.28. The van der Waals surface area contributed by atoms with Crippen molar-refractivity contribution in [3.63, 3.8) is 0 Å². The van der Waals surface area contributed by atoms with Gasteiger partial charge in [-0.1, -0.05) is 62.4 Å². The number of aryl methyl sites for hydroxylation is 1. The largest absolute Gasteiger partial charge is 0.415 e. The molecule has 0 unspecified atom stereocenters. The molecule has 0 aliphatic carbocycles. The first-order chi connectivity index (χ1) is 17.4. The van der Waals surface area contributed by atoms with Crippen molar-refractivity contribution >= 4 is 11.4 Å². The molecule has 1 heterocycles. The van der Waals surface area contributed by atoms with Gasteiger partial charge in [0, 0.05) is 30.6 Å². The second kappa shape index (κ2) is 17.1. The smallest absolute Gasteiger partial charge is 0.366 e. The lowest BCUT2D eigenvalue weighted by molar-refractivity contribution is -0.0878. The zero-order chi connectivity index (χ0) is 28.6. The van der Waals surface area contributed by atoms with Crippen LogP contribution < -0.4 is 10.6 Å². The van der Waals surface area contributed by atoms with Crippen LogP contribution in [0.4, 0.5) is 18.9 Å². The molecular formula is C30H41F3N4. The lowest BCUT2D eigenvalue weighted by Crippen LogP contribution is -2.33. The number of halogens is 3. The van der Waals surface area contributed by atoms with Crippen LogP contribution in [0.25, 0.3) is 0 Å². The highest BCUT2D eigenvalue weighted by atomic mass is 19.4. The van der Waals surface area contributed by atoms with Crippen molar-refractivity contribution in [3.05, 3.63) is 89.2 Å². The number of alkyl halides is 3. The Bertz CT molecular complexity index is 1070. The van der Waals surface area contributed by atoms with E-state index < -0.39 is 11.7 Å². The molecule has 1 aromatic rings. The standard InChI is InChI=1S/C18H21N3.C10H13F3.C2H7N/c1-5-20-15(4)17-12-21(9-8-14(17)3)18-7-6-13(2)10-16(18)11-19;1-4-9(5-2)7-6-8(3)10(11,12)13;1-2-3/h5-7,10H,1,8-9,12H2,2-4H3;4,6-7H,3,5H2,1-2H3;2-3H2,1H3/b;7-6-,9-4-;. The fourth-order valence-electron chi connectivity index (χ4n) is 3.44. The Kier molecular flexibility index (Phi) is 15.6. The predicted octanol–water partition coefficient (Wildman–Crippen LogP) is 7.98. The number of allylic oxidation sites excluding steroid dienone is 5. The van der Waals surface area contributed by atoms with Crippen molar-refractivity contribution in [1.29, 1.82) is 5.26 Å². The third-order valence-electron chi connectivity index (χ3n) is 5.60. The van der Waals surface area contributed by atoms with Gasteiger partial charge in [0.15, 0.2) is 0 Å². The highest BCUT2D eigenvalue weighted by molar-refractivity contribution is 6.00. The predicted molar refractivity (Wildman–Crippen MR) is 152 cm³/mol. The molecule has 0 aromatic heterocycles. The maximum atomic E-state index is 11.9. The topological polar surface area (TPSA) is 65.4 Å². The summed E-state index contributed by atoms with van der Waals surface area (Å²) in [5, 5.41) is 9.36. The van der Waals surface area contributed by atoms with Gasteiger partial charge in [-0.05, 0) is 70.4 Å². The van der Waals surface area contributed by atoms with E-state index in [4.69, 9.17) is 5.73 Å². The van der Waals surface area contributed by atoms with Crippen LogP contribution in [-0.4, -0.2) is 31.5 Å². The second-order valence-corrected chi connectivity index (χ2v) is 8.44. The van der Waals surface area contributed by atoms with Crippen LogP contribution in [0.15, 0.2) is 83.1 Å². The molecule has 2 N–H and O–H groups in total. The molecule has 202 valence electrons. The summed E-state index contributed by atoms with van der Waals surface area (Å²) in [5.74, 6) is 0. The van der Waals surface area contributed by atoms with E-state index >= 15 is 0 Å². The number of benzene rings is 1. The van der Waals surface area contributed by atoms with Gasteiger partial charge in [0.2, 0.25) is 0 Å². The summed E-state index contributed by atoms with van der Waals surface area (Å²) in [6, 6.07) is 8.37. The Morgan fingerprint density at radius 2 is 1.86 bits per heavy atom. The zero-order valence-corrected chi connectivity index (χ0v) is 23.0. The summed E-state index contributed by atoms with van der Waals surface area (Å²) in [4.78, 5) is 6.58. The van der Waals surface area contributed by atoms with Crippen LogP contribution in [-0.2, 0) is 0 Å². The summed E-state index contributed by atoms with van der Waals surface area (Å²) in [5.41, 5.74) is 11.4. The second-order valence-electron chi connectivity index (χ2n) is 8.44. The van der Waals surface area contributed by atoms with Crippen molar-refractivity contribution in [2.24, 2.45) is 10.7 Å². The Hall–Kier alpha value is -3.37. The van der Waals surface area contributed by atoms with Gasteiger partial charge >= 0.3 is 6.18 Å². The molecule has 1 aliphatic heterocycles. The first-order valence-corrected chi connectivity index (χ1v) is 12.3. The summed E-state index contributed by atoms with van der Waals surface area (Å²) < 4.78 is 35.8. The molecule has 4 nitrogen and oxygen atoms in total. The van der Waals surface area contributed by atoms with Gasteiger partial charge in [0.25, 0.3) is 0 Å². The maximum absolute atomic E-state index is 11.9. The summed E-state index contributed by atoms with van der Waals surface area (Å²) >= 11 is 0. The van der Waals surface area contributed by atoms with E-state index in [-0.39, 0.29) is 0 Å². The quantitative estimate of drug-likeness (QED) is 0.309. The van der Waals surface area contributed by atoms with E-state index in [1.807, 2.05) is 39.8 Å². The highest BCUT2D eigenvalue weighted by Gasteiger charge is 2.29. The average molecular weight is 515 g/mol. The van der Waals surface area contributed by atoms with E-state index in [0.29, 0.717) is 0 Å². The molecule has 0 bridgehead atoms. The van der Waals surface area contributed by atoms with Crippen LogP contribution in [0.1, 0.15) is 58.6 Å². The number of aliphatic imine (C=N–C) groups is 1. The number of nitriles is 1. The minimum atomic E-state index is -4.32. The maximum Gasteiger partial charge on any atom is 0.415 e. The number of anilines is 1. The number of nitrogens with two attached hydrogens (primary N) is 1. The fraction of sp³-hybridized carbons (Fsp3) is 0.400. The van der Waals surface area contributed by atoms with Crippen LogP contribution in [0, 0.1) is 18.3 Å². The Morgan fingerprint density at radius 3 is 2.35 bits per heavy atom. The lowest BCUT2D eigenvalue weighted by atomic mass is 9.96. The van der Waals surface area contributed by atoms with Crippen LogP contribution in [0.5, 0.6) is 0 Å². The van der Waals surface area contributed by atoms with E-state index in [1.165, 1.54) is 17.2 Å². The Balaban J connectivity index is 0.000000696. The molecule has 0 radical (unpaired) electrons. The summed E-state index contributed by atoms with van der Waals surface area (Å²) in [6.07, 6.45) is 3.20. The molecule has 37 heavy (non-hydrogen) atoms. The lowest BCUT2D eigenvalue weighted by Gasteiger charge is -2.32. The van der Waals surface area contributed by atoms with E-state index in [2.05, 4.69) is 42.1 Å². The molecule has 0 saturated heterocycles. The molecule has 0 amide bonds. The molecule has 0 spiro atoms. The Labute approximate surface area is 221 Å². The summed E-state index contributed by atoms with van der Waals surface area (Å²) in [6.45, 7) is 20.9. The van der Waals surface area contributed by atoms with Gasteiger partial charge in [-0.25, -0.2) is 0 Å². The van der Waals surface area contributed by atoms with Crippen molar-refractivity contribution in [3.8, 4) is 6.07 Å². The molecule has 1 aliphatic rings. The van der Waals surface area contributed by atoms with Gasteiger partial charge in [-0.3, -0.25) is 4.99 Å². The number of rotatable bonds is 6. The van der Waals surface area contributed by atoms with Crippen LogP contribution in [0.2, 0.25) is 0 Å². The van der Waals surface area contributed by atoms with Gasteiger partial charge in [-0.2, -0.15) is 18.4 Å². The SMILES string of the molecule is C=C(/C=C\C(=C/C)CC)C(F)(F)F.C=CN=C(C)C1=C(C)CCN(c2ccc(C)cc2C#N)C1.CCN. The molecule has 0 saturated carbocycles. The number of hydrogen-bond acceptors (Lipinski definition) is 4.